The Hall–Kier alpha value is -2.42. The van der Waals surface area contributed by atoms with Crippen LogP contribution in [-0.4, -0.2) is 40.0 Å². The fourth-order valence-corrected chi connectivity index (χ4v) is 5.16. The second-order valence-corrected chi connectivity index (χ2v) is 9.89. The van der Waals surface area contributed by atoms with Gasteiger partial charge in [-0.2, -0.15) is 0 Å². The predicted molar refractivity (Wildman–Crippen MR) is 124 cm³/mol. The van der Waals surface area contributed by atoms with E-state index >= 15 is 0 Å². The van der Waals surface area contributed by atoms with Crippen molar-refractivity contribution in [2.45, 2.75) is 22.9 Å². The van der Waals surface area contributed by atoms with Crippen molar-refractivity contribution < 1.29 is 9.59 Å². The molecule has 1 aliphatic rings. The van der Waals surface area contributed by atoms with Crippen molar-refractivity contribution in [3.63, 3.8) is 0 Å². The van der Waals surface area contributed by atoms with Crippen LogP contribution in [0.2, 0.25) is 5.02 Å². The van der Waals surface area contributed by atoms with Gasteiger partial charge in [0, 0.05) is 30.3 Å². The Balaban J connectivity index is 1.25. The van der Waals surface area contributed by atoms with Crippen LogP contribution < -0.4 is 5.32 Å². The molecule has 2 aromatic carbocycles. The number of amides is 2. The summed E-state index contributed by atoms with van der Waals surface area (Å²) in [5.41, 5.74) is 2.32. The SMILES string of the molecule is O=C(Nc1nnc(SCc2ccc(Cl)cc2)s1)C1CC(=O)N(CCc2ccccc2)C1. The van der Waals surface area contributed by atoms with Gasteiger partial charge in [-0.25, -0.2) is 0 Å². The van der Waals surface area contributed by atoms with Crippen LogP contribution in [0, 0.1) is 5.92 Å². The molecule has 3 aromatic rings. The first kappa shape index (κ1) is 21.8. The van der Waals surface area contributed by atoms with E-state index in [1.165, 1.54) is 16.9 Å². The number of benzene rings is 2. The van der Waals surface area contributed by atoms with Gasteiger partial charge in [0.2, 0.25) is 16.9 Å². The molecule has 2 amide bonds. The number of halogens is 1. The molecule has 1 unspecified atom stereocenters. The predicted octanol–water partition coefficient (Wildman–Crippen LogP) is 4.51. The topological polar surface area (TPSA) is 75.2 Å². The Morgan fingerprint density at radius 3 is 2.68 bits per heavy atom. The second kappa shape index (κ2) is 10.3. The van der Waals surface area contributed by atoms with Crippen molar-refractivity contribution in [2.24, 2.45) is 5.92 Å². The second-order valence-electron chi connectivity index (χ2n) is 7.25. The summed E-state index contributed by atoms with van der Waals surface area (Å²) in [6, 6.07) is 17.7. The number of aromatic nitrogens is 2. The number of hydrogen-bond acceptors (Lipinski definition) is 6. The lowest BCUT2D eigenvalue weighted by Crippen LogP contribution is -2.30. The lowest BCUT2D eigenvalue weighted by Gasteiger charge is -2.16. The van der Waals surface area contributed by atoms with Gasteiger partial charge in [0.1, 0.15) is 0 Å². The highest BCUT2D eigenvalue weighted by Crippen LogP contribution is 2.29. The molecule has 9 heteroatoms. The van der Waals surface area contributed by atoms with Crippen molar-refractivity contribution in [3.8, 4) is 0 Å². The van der Waals surface area contributed by atoms with Crippen molar-refractivity contribution in [1.82, 2.24) is 15.1 Å². The van der Waals surface area contributed by atoms with Gasteiger partial charge >= 0.3 is 0 Å². The van der Waals surface area contributed by atoms with Gasteiger partial charge in [-0.05, 0) is 29.7 Å². The number of anilines is 1. The molecule has 6 nitrogen and oxygen atoms in total. The zero-order chi connectivity index (χ0) is 21.6. The van der Waals surface area contributed by atoms with Crippen molar-refractivity contribution in [1.29, 1.82) is 0 Å². The molecule has 0 bridgehead atoms. The van der Waals surface area contributed by atoms with Crippen molar-refractivity contribution in [3.05, 3.63) is 70.7 Å². The Kier molecular flexibility index (Phi) is 7.21. The number of thioether (sulfide) groups is 1. The van der Waals surface area contributed by atoms with Crippen molar-refractivity contribution >= 4 is 51.6 Å². The number of carbonyl (C=O) groups is 2. The van der Waals surface area contributed by atoms with E-state index in [1.807, 2.05) is 54.6 Å². The maximum Gasteiger partial charge on any atom is 0.231 e. The van der Waals surface area contributed by atoms with Gasteiger partial charge in [0.05, 0.1) is 5.92 Å². The largest absolute Gasteiger partial charge is 0.342 e. The average Bonchev–Trinajstić information content (AvgIpc) is 3.39. The Labute approximate surface area is 194 Å². The third-order valence-corrected chi connectivity index (χ3v) is 7.31. The number of rotatable bonds is 8. The maximum atomic E-state index is 12.6. The lowest BCUT2D eigenvalue weighted by atomic mass is 10.1. The standard InChI is InChI=1S/C22H21ClN4O2S2/c23-18-8-6-16(7-9-18)14-30-22-26-25-21(31-22)24-20(29)17-12-19(28)27(13-17)11-10-15-4-2-1-3-5-15/h1-9,17H,10-14H2,(H,24,25,29). The van der Waals surface area contributed by atoms with Crippen LogP contribution in [-0.2, 0) is 21.8 Å². The van der Waals surface area contributed by atoms with E-state index in [4.69, 9.17) is 11.6 Å². The van der Waals surface area contributed by atoms with E-state index in [0.29, 0.717) is 23.2 Å². The summed E-state index contributed by atoms with van der Waals surface area (Å²) in [5.74, 6) is 0.221. The van der Waals surface area contributed by atoms with Crippen LogP contribution in [0.15, 0.2) is 58.9 Å². The highest BCUT2D eigenvalue weighted by molar-refractivity contribution is 8.00. The van der Waals surface area contributed by atoms with Crippen LogP contribution in [0.1, 0.15) is 17.5 Å². The first-order valence-electron chi connectivity index (χ1n) is 9.90. The molecule has 4 rings (SSSR count). The normalized spacial score (nSPS) is 16.0. The number of carbonyl (C=O) groups excluding carboxylic acids is 2. The summed E-state index contributed by atoms with van der Waals surface area (Å²) in [4.78, 5) is 26.7. The molecule has 0 radical (unpaired) electrons. The van der Waals surface area contributed by atoms with Crippen LogP contribution in [0.25, 0.3) is 0 Å². The fraction of sp³-hybridized carbons (Fsp3) is 0.273. The smallest absolute Gasteiger partial charge is 0.231 e. The highest BCUT2D eigenvalue weighted by atomic mass is 35.5. The minimum Gasteiger partial charge on any atom is -0.342 e. The minimum absolute atomic E-state index is 0.0209. The van der Waals surface area contributed by atoms with Gasteiger partial charge in [0.15, 0.2) is 4.34 Å². The molecule has 0 aliphatic carbocycles. The van der Waals surface area contributed by atoms with E-state index in [2.05, 4.69) is 15.5 Å². The first-order valence-corrected chi connectivity index (χ1v) is 12.1. The molecular weight excluding hydrogens is 452 g/mol. The molecule has 1 aromatic heterocycles. The summed E-state index contributed by atoms with van der Waals surface area (Å²) < 4.78 is 0.775. The van der Waals surface area contributed by atoms with Gasteiger partial charge in [0.25, 0.3) is 0 Å². The molecule has 160 valence electrons. The summed E-state index contributed by atoms with van der Waals surface area (Å²) >= 11 is 8.80. The first-order chi connectivity index (χ1) is 15.1. The van der Waals surface area contributed by atoms with Gasteiger partial charge < -0.3 is 10.2 Å². The quantitative estimate of drug-likeness (QED) is 0.385. The lowest BCUT2D eigenvalue weighted by molar-refractivity contribution is -0.128. The van der Waals surface area contributed by atoms with Crippen molar-refractivity contribution in [2.75, 3.05) is 18.4 Å². The van der Waals surface area contributed by atoms with E-state index in [1.54, 1.807) is 16.7 Å². The zero-order valence-corrected chi connectivity index (χ0v) is 19.1. The molecule has 0 spiro atoms. The summed E-state index contributed by atoms with van der Waals surface area (Å²) in [7, 11) is 0. The van der Waals surface area contributed by atoms with E-state index in [0.717, 1.165) is 22.1 Å². The van der Waals surface area contributed by atoms with E-state index in [-0.39, 0.29) is 24.2 Å². The van der Waals surface area contributed by atoms with E-state index < -0.39 is 0 Å². The maximum absolute atomic E-state index is 12.6. The van der Waals surface area contributed by atoms with Gasteiger partial charge in [-0.1, -0.05) is 77.2 Å². The number of nitrogens with one attached hydrogen (secondary N) is 1. The highest BCUT2D eigenvalue weighted by Gasteiger charge is 2.34. The third-order valence-electron chi connectivity index (χ3n) is 5.01. The molecular formula is C22H21ClN4O2S2. The average molecular weight is 473 g/mol. The molecule has 0 saturated carbocycles. The number of likely N-dealkylation sites (tertiary alicyclic amines) is 1. The zero-order valence-electron chi connectivity index (χ0n) is 16.7. The molecule has 31 heavy (non-hydrogen) atoms. The third kappa shape index (κ3) is 6.06. The fourth-order valence-electron chi connectivity index (χ4n) is 3.32. The van der Waals surface area contributed by atoms with Crippen LogP contribution in [0.4, 0.5) is 5.13 Å². The van der Waals surface area contributed by atoms with Gasteiger partial charge in [-0.3, -0.25) is 9.59 Å². The molecule has 1 aliphatic heterocycles. The van der Waals surface area contributed by atoms with Crippen LogP contribution in [0.5, 0.6) is 0 Å². The Morgan fingerprint density at radius 2 is 1.90 bits per heavy atom. The molecule has 1 saturated heterocycles. The Morgan fingerprint density at radius 1 is 1.13 bits per heavy atom. The number of hydrogen-bond donors (Lipinski definition) is 1. The summed E-state index contributed by atoms with van der Waals surface area (Å²) in [6.45, 7) is 1.06. The van der Waals surface area contributed by atoms with Crippen LogP contribution in [0.3, 0.4) is 0 Å². The Bertz CT molecular complexity index is 1040. The van der Waals surface area contributed by atoms with Crippen LogP contribution >= 0.6 is 34.7 Å². The monoisotopic (exact) mass is 472 g/mol. The minimum atomic E-state index is -0.364. The molecule has 1 atom stereocenters. The van der Waals surface area contributed by atoms with Gasteiger partial charge in [-0.15, -0.1) is 10.2 Å². The summed E-state index contributed by atoms with van der Waals surface area (Å²) in [5, 5.41) is 12.2. The molecule has 2 heterocycles. The summed E-state index contributed by atoms with van der Waals surface area (Å²) in [6.07, 6.45) is 1.02. The van der Waals surface area contributed by atoms with E-state index in [9.17, 15) is 9.59 Å². The molecule has 1 N–H and O–H groups in total. The molecule has 1 fully saturated rings. The number of nitrogens with zero attached hydrogens (tertiary/aromatic N) is 3.